The molecule has 0 aliphatic heterocycles. The molecular formula is C9H13NO2. The topological polar surface area (TPSA) is 66.5 Å². The van der Waals surface area contributed by atoms with Crippen molar-refractivity contribution in [2.75, 3.05) is 0 Å². The number of hydrogen-bond donors (Lipinski definition) is 3. The molecule has 0 aliphatic rings. The number of nitrogens with two attached hydrogens (primary N) is 1. The smallest absolute Gasteiger partial charge is 0.124 e. The molecule has 0 saturated heterocycles. The summed E-state index contributed by atoms with van der Waals surface area (Å²) in [4.78, 5) is 0. The van der Waals surface area contributed by atoms with Crippen molar-refractivity contribution in [1.82, 2.24) is 0 Å². The molecule has 0 saturated carbocycles. The van der Waals surface area contributed by atoms with Crippen molar-refractivity contribution in [3.63, 3.8) is 0 Å². The molecule has 0 unspecified atom stereocenters. The molecule has 12 heavy (non-hydrogen) atoms. The minimum absolute atomic E-state index is 0.0551. The quantitative estimate of drug-likeness (QED) is 0.625. The summed E-state index contributed by atoms with van der Waals surface area (Å²) in [5, 5.41) is 18.3. The van der Waals surface area contributed by atoms with Gasteiger partial charge >= 0.3 is 0 Å². The standard InChI is InChI=1S/C9H13NO2/c1-2-8(10)7-4-3-6(11)5-9(7)12/h3-5,8,11-12H,2,10H2,1H3/t8-/m0/s1. The largest absolute Gasteiger partial charge is 0.508 e. The predicted octanol–water partition coefficient (Wildman–Crippen LogP) is 1.51. The van der Waals surface area contributed by atoms with Gasteiger partial charge in [-0.3, -0.25) is 0 Å². The molecule has 0 heterocycles. The number of hydrogen-bond acceptors (Lipinski definition) is 3. The number of phenols is 2. The highest BCUT2D eigenvalue weighted by atomic mass is 16.3. The van der Waals surface area contributed by atoms with Gasteiger partial charge in [0.1, 0.15) is 11.5 Å². The van der Waals surface area contributed by atoms with Crippen molar-refractivity contribution < 1.29 is 10.2 Å². The first-order valence-corrected chi connectivity index (χ1v) is 3.92. The number of aromatic hydroxyl groups is 2. The van der Waals surface area contributed by atoms with Gasteiger partial charge in [0.25, 0.3) is 0 Å². The summed E-state index contributed by atoms with van der Waals surface area (Å²) in [5.74, 6) is 0.115. The maximum Gasteiger partial charge on any atom is 0.124 e. The Morgan fingerprint density at radius 3 is 2.58 bits per heavy atom. The molecule has 0 aromatic heterocycles. The van der Waals surface area contributed by atoms with Crippen molar-refractivity contribution in [2.24, 2.45) is 5.73 Å². The highest BCUT2D eigenvalue weighted by Crippen LogP contribution is 2.27. The van der Waals surface area contributed by atoms with Crippen LogP contribution in [0.1, 0.15) is 24.9 Å². The van der Waals surface area contributed by atoms with Crippen LogP contribution < -0.4 is 5.73 Å². The Labute approximate surface area is 71.5 Å². The Kier molecular flexibility index (Phi) is 2.55. The third-order valence-electron chi connectivity index (χ3n) is 1.85. The van der Waals surface area contributed by atoms with Crippen LogP contribution in [0.3, 0.4) is 0 Å². The van der Waals surface area contributed by atoms with Crippen LogP contribution >= 0.6 is 0 Å². The minimum atomic E-state index is -0.161. The zero-order valence-corrected chi connectivity index (χ0v) is 6.99. The number of rotatable bonds is 2. The van der Waals surface area contributed by atoms with Crippen LogP contribution in [0.15, 0.2) is 18.2 Å². The van der Waals surface area contributed by atoms with E-state index in [1.54, 1.807) is 6.07 Å². The molecule has 1 aromatic rings. The molecule has 1 aromatic carbocycles. The Hall–Kier alpha value is -1.22. The average Bonchev–Trinajstić information content (AvgIpc) is 2.03. The SMILES string of the molecule is CC[C@H](N)c1ccc(O)cc1O. The van der Waals surface area contributed by atoms with Crippen LogP contribution in [-0.4, -0.2) is 10.2 Å². The molecule has 0 fully saturated rings. The van der Waals surface area contributed by atoms with Gasteiger partial charge in [0.05, 0.1) is 0 Å². The Balaban J connectivity index is 3.01. The molecular weight excluding hydrogens is 154 g/mol. The van der Waals surface area contributed by atoms with E-state index in [9.17, 15) is 5.11 Å². The second kappa shape index (κ2) is 3.45. The van der Waals surface area contributed by atoms with E-state index in [1.165, 1.54) is 12.1 Å². The van der Waals surface area contributed by atoms with Crippen molar-refractivity contribution in [3.05, 3.63) is 23.8 Å². The second-order valence-corrected chi connectivity index (χ2v) is 2.76. The van der Waals surface area contributed by atoms with Gasteiger partial charge in [0.2, 0.25) is 0 Å². The van der Waals surface area contributed by atoms with E-state index >= 15 is 0 Å². The first kappa shape index (κ1) is 8.87. The fourth-order valence-electron chi connectivity index (χ4n) is 1.07. The minimum Gasteiger partial charge on any atom is -0.508 e. The van der Waals surface area contributed by atoms with Gasteiger partial charge in [-0.2, -0.15) is 0 Å². The first-order valence-electron chi connectivity index (χ1n) is 3.92. The maximum atomic E-state index is 9.35. The zero-order chi connectivity index (χ0) is 9.14. The molecule has 3 heteroatoms. The molecule has 0 bridgehead atoms. The van der Waals surface area contributed by atoms with Gasteiger partial charge in [-0.15, -0.1) is 0 Å². The third kappa shape index (κ3) is 1.68. The Bertz CT molecular complexity index is 273. The van der Waals surface area contributed by atoms with Crippen molar-refractivity contribution in [2.45, 2.75) is 19.4 Å². The predicted molar refractivity (Wildman–Crippen MR) is 47.0 cm³/mol. The van der Waals surface area contributed by atoms with Crippen LogP contribution in [0.5, 0.6) is 11.5 Å². The van der Waals surface area contributed by atoms with Gasteiger partial charge in [0.15, 0.2) is 0 Å². The van der Waals surface area contributed by atoms with Gasteiger partial charge in [-0.1, -0.05) is 13.0 Å². The summed E-state index contributed by atoms with van der Waals surface area (Å²) in [7, 11) is 0. The molecule has 3 nitrogen and oxygen atoms in total. The van der Waals surface area contributed by atoms with Crippen LogP contribution in [0, 0.1) is 0 Å². The molecule has 0 aliphatic carbocycles. The van der Waals surface area contributed by atoms with Gasteiger partial charge in [-0.05, 0) is 12.5 Å². The van der Waals surface area contributed by atoms with E-state index in [2.05, 4.69) is 0 Å². The van der Waals surface area contributed by atoms with Gasteiger partial charge in [0, 0.05) is 17.7 Å². The van der Waals surface area contributed by atoms with Crippen molar-refractivity contribution in [1.29, 1.82) is 0 Å². The lowest BCUT2D eigenvalue weighted by Gasteiger charge is -2.10. The fourth-order valence-corrected chi connectivity index (χ4v) is 1.07. The van der Waals surface area contributed by atoms with Gasteiger partial charge in [-0.25, -0.2) is 0 Å². The molecule has 0 amide bonds. The van der Waals surface area contributed by atoms with Crippen molar-refractivity contribution in [3.8, 4) is 11.5 Å². The monoisotopic (exact) mass is 167 g/mol. The Morgan fingerprint density at radius 2 is 2.08 bits per heavy atom. The summed E-state index contributed by atoms with van der Waals surface area (Å²) in [6.07, 6.45) is 0.762. The van der Waals surface area contributed by atoms with Crippen LogP contribution in [-0.2, 0) is 0 Å². The van der Waals surface area contributed by atoms with Crippen LogP contribution in [0.2, 0.25) is 0 Å². The summed E-state index contributed by atoms with van der Waals surface area (Å²) in [6.45, 7) is 1.94. The molecule has 0 spiro atoms. The summed E-state index contributed by atoms with van der Waals surface area (Å²) in [5.41, 5.74) is 6.38. The summed E-state index contributed by atoms with van der Waals surface area (Å²) < 4.78 is 0. The van der Waals surface area contributed by atoms with Gasteiger partial charge < -0.3 is 15.9 Å². The fraction of sp³-hybridized carbons (Fsp3) is 0.333. The first-order chi connectivity index (χ1) is 5.65. The maximum absolute atomic E-state index is 9.35. The van der Waals surface area contributed by atoms with E-state index in [4.69, 9.17) is 10.8 Å². The molecule has 4 N–H and O–H groups in total. The summed E-state index contributed by atoms with van der Waals surface area (Å²) in [6, 6.07) is 4.29. The zero-order valence-electron chi connectivity index (χ0n) is 6.99. The Morgan fingerprint density at radius 1 is 1.42 bits per heavy atom. The van der Waals surface area contributed by atoms with E-state index in [-0.39, 0.29) is 17.5 Å². The van der Waals surface area contributed by atoms with Crippen LogP contribution in [0.4, 0.5) is 0 Å². The second-order valence-electron chi connectivity index (χ2n) is 2.76. The van der Waals surface area contributed by atoms with E-state index < -0.39 is 0 Å². The van der Waals surface area contributed by atoms with E-state index in [0.29, 0.717) is 5.56 Å². The lowest BCUT2D eigenvalue weighted by molar-refractivity contribution is 0.441. The van der Waals surface area contributed by atoms with E-state index in [0.717, 1.165) is 6.42 Å². The molecule has 0 radical (unpaired) electrons. The number of phenolic OH excluding ortho intramolecular Hbond substituents is 2. The number of benzene rings is 1. The lowest BCUT2D eigenvalue weighted by atomic mass is 10.0. The van der Waals surface area contributed by atoms with E-state index in [1.807, 2.05) is 6.92 Å². The summed E-state index contributed by atoms with van der Waals surface area (Å²) >= 11 is 0. The normalized spacial score (nSPS) is 12.8. The van der Waals surface area contributed by atoms with Crippen molar-refractivity contribution >= 4 is 0 Å². The highest BCUT2D eigenvalue weighted by Gasteiger charge is 2.08. The molecule has 1 rings (SSSR count). The highest BCUT2D eigenvalue weighted by molar-refractivity contribution is 5.40. The molecule has 1 atom stereocenters. The lowest BCUT2D eigenvalue weighted by Crippen LogP contribution is -2.08. The molecule has 66 valence electrons. The van der Waals surface area contributed by atoms with Crippen LogP contribution in [0.25, 0.3) is 0 Å². The third-order valence-corrected chi connectivity index (χ3v) is 1.85. The average molecular weight is 167 g/mol.